The van der Waals surface area contributed by atoms with Crippen molar-refractivity contribution in [3.63, 3.8) is 0 Å². The Morgan fingerprint density at radius 3 is 2.96 bits per heavy atom. The molecule has 2 aromatic rings. The molecule has 1 aliphatic heterocycles. The fourth-order valence-corrected chi connectivity index (χ4v) is 2.84. The largest absolute Gasteiger partial charge is 0.373 e. The van der Waals surface area contributed by atoms with Crippen LogP contribution in [-0.4, -0.2) is 61.2 Å². The van der Waals surface area contributed by atoms with Gasteiger partial charge in [0.1, 0.15) is 5.82 Å². The van der Waals surface area contributed by atoms with Crippen molar-refractivity contribution >= 4 is 22.4 Å². The third-order valence-electron chi connectivity index (χ3n) is 3.90. The molecule has 1 unspecified atom stereocenters. The smallest absolute Gasteiger partial charge is 0.270 e. The number of fused-ring (bicyclic) bond motifs is 1. The van der Waals surface area contributed by atoms with Gasteiger partial charge in [0.05, 0.1) is 23.2 Å². The van der Waals surface area contributed by atoms with Gasteiger partial charge < -0.3 is 14.5 Å². The maximum Gasteiger partial charge on any atom is 0.270 e. The summed E-state index contributed by atoms with van der Waals surface area (Å²) in [6.07, 6.45) is 0.160. The number of anilines is 1. The minimum atomic E-state index is -0.388. The number of likely N-dealkylation sites (N-methyl/N-ethyl adjacent to an activating group) is 1. The molecular formula is C16H20N4O3. The maximum absolute atomic E-state index is 10.8. The molecule has 3 rings (SSSR count). The van der Waals surface area contributed by atoms with E-state index in [0.717, 1.165) is 36.4 Å². The molecule has 1 saturated heterocycles. The number of ether oxygens (including phenoxy) is 1. The third kappa shape index (κ3) is 3.57. The molecule has 1 atom stereocenters. The summed E-state index contributed by atoms with van der Waals surface area (Å²) in [5, 5.41) is 11.6. The first-order chi connectivity index (χ1) is 11.0. The van der Waals surface area contributed by atoms with Crippen LogP contribution in [0, 0.1) is 10.1 Å². The molecule has 1 aliphatic rings. The molecule has 0 amide bonds. The van der Waals surface area contributed by atoms with Crippen molar-refractivity contribution in [1.29, 1.82) is 0 Å². The summed E-state index contributed by atoms with van der Waals surface area (Å²) in [6, 6.07) is 8.56. The molecule has 0 aliphatic carbocycles. The van der Waals surface area contributed by atoms with E-state index in [1.165, 1.54) is 6.07 Å². The molecule has 1 aromatic carbocycles. The summed E-state index contributed by atoms with van der Waals surface area (Å²) >= 11 is 0. The number of morpholine rings is 1. The number of hydrogen-bond acceptors (Lipinski definition) is 6. The molecule has 0 saturated carbocycles. The SMILES string of the molecule is CN(C)CC1CN(c2ccc3cc([N+](=O)[O-])ccc3n2)CCO1. The first-order valence-electron chi connectivity index (χ1n) is 7.59. The predicted octanol–water partition coefficient (Wildman–Crippen LogP) is 1.91. The van der Waals surface area contributed by atoms with E-state index in [9.17, 15) is 10.1 Å². The fourth-order valence-electron chi connectivity index (χ4n) is 2.84. The lowest BCUT2D eigenvalue weighted by molar-refractivity contribution is -0.384. The molecular weight excluding hydrogens is 296 g/mol. The number of nitrogens with zero attached hydrogens (tertiary/aromatic N) is 4. The molecule has 2 heterocycles. The highest BCUT2D eigenvalue weighted by Gasteiger charge is 2.22. The minimum absolute atomic E-state index is 0.0875. The van der Waals surface area contributed by atoms with E-state index in [0.29, 0.717) is 6.61 Å². The van der Waals surface area contributed by atoms with Crippen molar-refractivity contribution in [3.8, 4) is 0 Å². The Labute approximate surface area is 134 Å². The lowest BCUT2D eigenvalue weighted by atomic mass is 10.2. The van der Waals surface area contributed by atoms with E-state index in [1.54, 1.807) is 12.1 Å². The van der Waals surface area contributed by atoms with Gasteiger partial charge in [0.2, 0.25) is 0 Å². The van der Waals surface area contributed by atoms with E-state index in [4.69, 9.17) is 4.74 Å². The van der Waals surface area contributed by atoms with Crippen molar-refractivity contribution in [1.82, 2.24) is 9.88 Å². The van der Waals surface area contributed by atoms with Gasteiger partial charge in [0.25, 0.3) is 5.69 Å². The maximum atomic E-state index is 10.8. The van der Waals surface area contributed by atoms with E-state index in [-0.39, 0.29) is 16.7 Å². The third-order valence-corrected chi connectivity index (χ3v) is 3.90. The van der Waals surface area contributed by atoms with Crippen molar-refractivity contribution < 1.29 is 9.66 Å². The lowest BCUT2D eigenvalue weighted by Gasteiger charge is -2.35. The van der Waals surface area contributed by atoms with Crippen LogP contribution in [0.3, 0.4) is 0 Å². The van der Waals surface area contributed by atoms with E-state index in [1.807, 2.05) is 26.2 Å². The average Bonchev–Trinajstić information content (AvgIpc) is 2.53. The van der Waals surface area contributed by atoms with Gasteiger partial charge in [-0.05, 0) is 32.3 Å². The molecule has 0 radical (unpaired) electrons. The molecule has 23 heavy (non-hydrogen) atoms. The first kappa shape index (κ1) is 15.6. The van der Waals surface area contributed by atoms with Gasteiger partial charge in [-0.3, -0.25) is 10.1 Å². The summed E-state index contributed by atoms with van der Waals surface area (Å²) in [7, 11) is 4.06. The Kier molecular flexibility index (Phi) is 4.40. The quantitative estimate of drug-likeness (QED) is 0.634. The number of benzene rings is 1. The Bertz CT molecular complexity index is 720. The van der Waals surface area contributed by atoms with Crippen LogP contribution in [-0.2, 0) is 4.74 Å². The van der Waals surface area contributed by atoms with Crippen molar-refractivity contribution in [2.45, 2.75) is 6.10 Å². The van der Waals surface area contributed by atoms with Crippen LogP contribution in [0.25, 0.3) is 10.9 Å². The second-order valence-electron chi connectivity index (χ2n) is 6.00. The molecule has 7 nitrogen and oxygen atoms in total. The normalized spacial score (nSPS) is 18.6. The van der Waals surface area contributed by atoms with Crippen molar-refractivity contribution in [2.24, 2.45) is 0 Å². The molecule has 122 valence electrons. The van der Waals surface area contributed by atoms with E-state index >= 15 is 0 Å². The Hall–Kier alpha value is -2.25. The zero-order chi connectivity index (χ0) is 16.4. The van der Waals surface area contributed by atoms with Gasteiger partial charge in [-0.2, -0.15) is 0 Å². The van der Waals surface area contributed by atoms with Gasteiger partial charge in [0, 0.05) is 37.2 Å². The predicted molar refractivity (Wildman–Crippen MR) is 88.9 cm³/mol. The van der Waals surface area contributed by atoms with Crippen LogP contribution in [0.5, 0.6) is 0 Å². The molecule has 1 aromatic heterocycles. The van der Waals surface area contributed by atoms with Crippen LogP contribution in [0.15, 0.2) is 30.3 Å². The van der Waals surface area contributed by atoms with Crippen molar-refractivity contribution in [2.75, 3.05) is 45.2 Å². The number of nitro benzene ring substituents is 1. The number of rotatable bonds is 4. The number of aromatic nitrogens is 1. The lowest BCUT2D eigenvalue weighted by Crippen LogP contribution is -2.46. The van der Waals surface area contributed by atoms with Gasteiger partial charge in [-0.1, -0.05) is 0 Å². The number of non-ortho nitro benzene ring substituents is 1. The van der Waals surface area contributed by atoms with Gasteiger partial charge in [-0.15, -0.1) is 0 Å². The molecule has 0 bridgehead atoms. The first-order valence-corrected chi connectivity index (χ1v) is 7.59. The highest BCUT2D eigenvalue weighted by atomic mass is 16.6. The van der Waals surface area contributed by atoms with Crippen LogP contribution in [0.1, 0.15) is 0 Å². The topological polar surface area (TPSA) is 71.7 Å². The van der Waals surface area contributed by atoms with Gasteiger partial charge in [-0.25, -0.2) is 4.98 Å². The van der Waals surface area contributed by atoms with Crippen LogP contribution in [0.4, 0.5) is 11.5 Å². The molecule has 0 spiro atoms. The monoisotopic (exact) mass is 316 g/mol. The van der Waals surface area contributed by atoms with Crippen LogP contribution >= 0.6 is 0 Å². The Balaban J connectivity index is 1.82. The zero-order valence-electron chi connectivity index (χ0n) is 13.3. The van der Waals surface area contributed by atoms with Gasteiger partial charge >= 0.3 is 0 Å². The zero-order valence-corrected chi connectivity index (χ0v) is 13.3. The van der Waals surface area contributed by atoms with E-state index in [2.05, 4.69) is 14.8 Å². The van der Waals surface area contributed by atoms with Gasteiger partial charge in [0.15, 0.2) is 0 Å². The molecule has 7 heteroatoms. The highest BCUT2D eigenvalue weighted by Crippen LogP contribution is 2.23. The van der Waals surface area contributed by atoms with Crippen LogP contribution < -0.4 is 4.90 Å². The second-order valence-corrected chi connectivity index (χ2v) is 6.00. The van der Waals surface area contributed by atoms with Crippen LogP contribution in [0.2, 0.25) is 0 Å². The summed E-state index contributed by atoms with van der Waals surface area (Å²) in [5.41, 5.74) is 0.855. The summed E-state index contributed by atoms with van der Waals surface area (Å²) in [5.74, 6) is 0.887. The average molecular weight is 316 g/mol. The van der Waals surface area contributed by atoms with E-state index < -0.39 is 0 Å². The number of nitro groups is 1. The minimum Gasteiger partial charge on any atom is -0.373 e. The standard InChI is InChI=1S/C16H20N4O3/c1-18(2)10-14-11-19(7-8-23-14)16-6-3-12-9-13(20(21)22)4-5-15(12)17-16/h3-6,9,14H,7-8,10-11H2,1-2H3. The Morgan fingerprint density at radius 2 is 2.22 bits per heavy atom. The summed E-state index contributed by atoms with van der Waals surface area (Å²) in [4.78, 5) is 19.4. The number of pyridine rings is 1. The van der Waals surface area contributed by atoms with Crippen molar-refractivity contribution in [3.05, 3.63) is 40.4 Å². The fraction of sp³-hybridized carbons (Fsp3) is 0.438. The molecule has 1 fully saturated rings. The highest BCUT2D eigenvalue weighted by molar-refractivity contribution is 5.82. The summed E-state index contributed by atoms with van der Waals surface area (Å²) in [6.45, 7) is 3.15. The second kappa shape index (κ2) is 6.47. The molecule has 0 N–H and O–H groups in total. The number of hydrogen-bond donors (Lipinski definition) is 0. The summed E-state index contributed by atoms with van der Waals surface area (Å²) < 4.78 is 5.78. The Morgan fingerprint density at radius 1 is 1.39 bits per heavy atom.